The quantitative estimate of drug-likeness (QED) is 0.844. The second kappa shape index (κ2) is 4.54. The van der Waals surface area contributed by atoms with Gasteiger partial charge in [0, 0.05) is 18.2 Å². The molecule has 1 aromatic heterocycles. The van der Waals surface area contributed by atoms with Gasteiger partial charge in [0.2, 0.25) is 0 Å². The van der Waals surface area contributed by atoms with Gasteiger partial charge in [-0.25, -0.2) is 4.98 Å². The van der Waals surface area contributed by atoms with Crippen LogP contribution in [-0.4, -0.2) is 34.2 Å². The van der Waals surface area contributed by atoms with E-state index < -0.39 is 11.4 Å². The van der Waals surface area contributed by atoms with Crippen LogP contribution in [0.3, 0.4) is 0 Å². The number of aliphatic hydroxyl groups is 2. The van der Waals surface area contributed by atoms with Crippen molar-refractivity contribution in [1.82, 2.24) is 4.98 Å². The highest BCUT2D eigenvalue weighted by Gasteiger charge is 2.47. The van der Waals surface area contributed by atoms with E-state index in [-0.39, 0.29) is 6.61 Å². The Morgan fingerprint density at radius 3 is 2.44 bits per heavy atom. The molecule has 1 saturated heterocycles. The Morgan fingerprint density at radius 2 is 1.89 bits per heavy atom. The molecule has 18 heavy (non-hydrogen) atoms. The molecule has 1 aromatic rings. The van der Waals surface area contributed by atoms with Crippen molar-refractivity contribution in [2.45, 2.75) is 43.7 Å². The molecule has 1 aliphatic heterocycles. The zero-order chi connectivity index (χ0) is 12.6. The van der Waals surface area contributed by atoms with Gasteiger partial charge in [-0.1, -0.05) is 0 Å². The van der Waals surface area contributed by atoms with E-state index in [0.29, 0.717) is 49.6 Å². The maximum atomic E-state index is 10.7. The van der Waals surface area contributed by atoms with E-state index in [9.17, 15) is 5.11 Å². The molecule has 6 heteroatoms. The van der Waals surface area contributed by atoms with E-state index in [1.165, 1.54) is 11.3 Å². The van der Waals surface area contributed by atoms with Crippen LogP contribution in [0, 0.1) is 0 Å². The second-order valence-electron chi connectivity index (χ2n) is 4.94. The van der Waals surface area contributed by atoms with Crippen LogP contribution in [0.2, 0.25) is 0 Å². The summed E-state index contributed by atoms with van der Waals surface area (Å²) in [5, 5.41) is 22.2. The Labute approximate surface area is 109 Å². The molecule has 1 aliphatic carbocycles. The standard InChI is InChI=1S/C12H17NO4S/c14-7-9-8-18-10(13-9)11(15)1-3-12(4-2-11)16-5-6-17-12/h8,14-15H,1-7H2. The minimum absolute atomic E-state index is 0.0806. The van der Waals surface area contributed by atoms with Crippen LogP contribution in [0.5, 0.6) is 0 Å². The first kappa shape index (κ1) is 12.5. The lowest BCUT2D eigenvalue weighted by Gasteiger charge is -2.39. The number of hydrogen-bond donors (Lipinski definition) is 2. The molecule has 2 N–H and O–H groups in total. The third kappa shape index (κ3) is 2.08. The fourth-order valence-electron chi connectivity index (χ4n) is 2.64. The average molecular weight is 271 g/mol. The van der Waals surface area contributed by atoms with Crippen molar-refractivity contribution in [1.29, 1.82) is 0 Å². The Balaban J connectivity index is 1.73. The molecule has 0 atom stereocenters. The highest BCUT2D eigenvalue weighted by molar-refractivity contribution is 7.09. The minimum Gasteiger partial charge on any atom is -0.390 e. The molecule has 1 spiro atoms. The average Bonchev–Trinajstić information content (AvgIpc) is 3.04. The Hall–Kier alpha value is -0.530. The van der Waals surface area contributed by atoms with E-state index in [2.05, 4.69) is 4.98 Å². The first-order valence-corrected chi connectivity index (χ1v) is 7.10. The van der Waals surface area contributed by atoms with Crippen molar-refractivity contribution in [3.05, 3.63) is 16.1 Å². The summed E-state index contributed by atoms with van der Waals surface area (Å²) < 4.78 is 11.3. The van der Waals surface area contributed by atoms with Gasteiger partial charge in [-0.3, -0.25) is 0 Å². The van der Waals surface area contributed by atoms with Crippen LogP contribution in [0.4, 0.5) is 0 Å². The number of aromatic nitrogens is 1. The van der Waals surface area contributed by atoms with Crippen molar-refractivity contribution in [2.75, 3.05) is 13.2 Å². The van der Waals surface area contributed by atoms with Crippen molar-refractivity contribution >= 4 is 11.3 Å². The summed E-state index contributed by atoms with van der Waals surface area (Å²) in [6, 6.07) is 0. The molecule has 100 valence electrons. The zero-order valence-electron chi connectivity index (χ0n) is 10.1. The summed E-state index contributed by atoms with van der Waals surface area (Å²) >= 11 is 1.41. The number of thiazole rings is 1. The zero-order valence-corrected chi connectivity index (χ0v) is 10.9. The highest BCUT2D eigenvalue weighted by Crippen LogP contribution is 2.45. The summed E-state index contributed by atoms with van der Waals surface area (Å²) in [7, 11) is 0. The van der Waals surface area contributed by atoms with Gasteiger partial charge in [0.1, 0.15) is 10.6 Å². The largest absolute Gasteiger partial charge is 0.390 e. The van der Waals surface area contributed by atoms with E-state index in [0.717, 1.165) is 0 Å². The molecule has 3 rings (SSSR count). The molecule has 2 heterocycles. The third-order valence-corrected chi connectivity index (χ3v) is 4.85. The smallest absolute Gasteiger partial charge is 0.168 e. The molecular weight excluding hydrogens is 254 g/mol. The topological polar surface area (TPSA) is 71.8 Å². The second-order valence-corrected chi connectivity index (χ2v) is 5.80. The lowest BCUT2D eigenvalue weighted by Crippen LogP contribution is -2.42. The molecule has 0 unspecified atom stereocenters. The van der Waals surface area contributed by atoms with Crippen molar-refractivity contribution < 1.29 is 19.7 Å². The fraction of sp³-hybridized carbons (Fsp3) is 0.750. The van der Waals surface area contributed by atoms with Crippen LogP contribution in [0.25, 0.3) is 0 Å². The van der Waals surface area contributed by atoms with Crippen molar-refractivity contribution in [3.63, 3.8) is 0 Å². The fourth-order valence-corrected chi connectivity index (χ4v) is 3.61. The summed E-state index contributed by atoms with van der Waals surface area (Å²) in [5.41, 5.74) is -0.268. The molecule has 2 aliphatic rings. The molecule has 0 radical (unpaired) electrons. The van der Waals surface area contributed by atoms with E-state index in [1.807, 2.05) is 0 Å². The van der Waals surface area contributed by atoms with Gasteiger partial charge in [-0.05, 0) is 12.8 Å². The number of hydrogen-bond acceptors (Lipinski definition) is 6. The summed E-state index contributed by atoms with van der Waals surface area (Å²) in [5.74, 6) is -0.469. The molecule has 1 saturated carbocycles. The monoisotopic (exact) mass is 271 g/mol. The number of ether oxygens (including phenoxy) is 2. The lowest BCUT2D eigenvalue weighted by molar-refractivity contribution is -0.204. The highest BCUT2D eigenvalue weighted by atomic mass is 32.1. The third-order valence-electron chi connectivity index (χ3n) is 3.76. The number of aliphatic hydroxyl groups excluding tert-OH is 1. The van der Waals surface area contributed by atoms with Gasteiger partial charge in [0.25, 0.3) is 0 Å². The van der Waals surface area contributed by atoms with Gasteiger partial charge < -0.3 is 19.7 Å². The minimum atomic E-state index is -0.890. The van der Waals surface area contributed by atoms with E-state index in [1.54, 1.807) is 5.38 Å². The van der Waals surface area contributed by atoms with E-state index in [4.69, 9.17) is 14.6 Å². The van der Waals surface area contributed by atoms with Crippen molar-refractivity contribution in [2.24, 2.45) is 0 Å². The van der Waals surface area contributed by atoms with Gasteiger partial charge in [0.05, 0.1) is 25.5 Å². The van der Waals surface area contributed by atoms with Gasteiger partial charge in [0.15, 0.2) is 5.79 Å². The summed E-state index contributed by atoms with van der Waals surface area (Å²) in [4.78, 5) is 4.28. The first-order valence-electron chi connectivity index (χ1n) is 6.22. The molecule has 0 bridgehead atoms. The molecule has 2 fully saturated rings. The van der Waals surface area contributed by atoms with Gasteiger partial charge in [-0.15, -0.1) is 11.3 Å². The van der Waals surface area contributed by atoms with Crippen LogP contribution < -0.4 is 0 Å². The predicted octanol–water partition coefficient (Wildman–Crippen LogP) is 1.14. The van der Waals surface area contributed by atoms with Crippen LogP contribution >= 0.6 is 11.3 Å². The molecular formula is C12H17NO4S. The van der Waals surface area contributed by atoms with Crippen LogP contribution in [0.1, 0.15) is 36.4 Å². The maximum absolute atomic E-state index is 10.7. The number of nitrogens with zero attached hydrogens (tertiary/aromatic N) is 1. The normalized spacial score (nSPS) is 25.7. The lowest BCUT2D eigenvalue weighted by atomic mass is 9.82. The van der Waals surface area contributed by atoms with Gasteiger partial charge >= 0.3 is 0 Å². The SMILES string of the molecule is OCc1csc(C2(O)CCC3(CC2)OCCO3)n1. The Kier molecular flexibility index (Phi) is 3.15. The summed E-state index contributed by atoms with van der Waals surface area (Å²) in [6.07, 6.45) is 2.56. The maximum Gasteiger partial charge on any atom is 0.168 e. The van der Waals surface area contributed by atoms with Crippen LogP contribution in [0.15, 0.2) is 5.38 Å². The number of rotatable bonds is 2. The van der Waals surface area contributed by atoms with Gasteiger partial charge in [-0.2, -0.15) is 0 Å². The predicted molar refractivity (Wildman–Crippen MR) is 65.0 cm³/mol. The molecule has 0 amide bonds. The first-order chi connectivity index (χ1) is 8.66. The molecule has 5 nitrogen and oxygen atoms in total. The van der Waals surface area contributed by atoms with Crippen LogP contribution in [-0.2, 0) is 21.7 Å². The summed E-state index contributed by atoms with van der Waals surface area (Å²) in [6.45, 7) is 1.21. The van der Waals surface area contributed by atoms with Crippen molar-refractivity contribution in [3.8, 4) is 0 Å². The molecule has 0 aromatic carbocycles. The Bertz CT molecular complexity index is 417. The Morgan fingerprint density at radius 1 is 1.22 bits per heavy atom. The van der Waals surface area contributed by atoms with E-state index >= 15 is 0 Å².